The van der Waals surface area contributed by atoms with E-state index in [9.17, 15) is 14.0 Å². The Morgan fingerprint density at radius 2 is 1.71 bits per heavy atom. The predicted octanol–water partition coefficient (Wildman–Crippen LogP) is 3.73. The summed E-state index contributed by atoms with van der Waals surface area (Å²) in [7, 11) is 0. The Morgan fingerprint density at radius 1 is 0.935 bits per heavy atom. The van der Waals surface area contributed by atoms with Gasteiger partial charge in [-0.3, -0.25) is 14.5 Å². The van der Waals surface area contributed by atoms with E-state index in [4.69, 9.17) is 0 Å². The van der Waals surface area contributed by atoms with Crippen molar-refractivity contribution in [1.82, 2.24) is 15.1 Å². The third-order valence-corrected chi connectivity index (χ3v) is 7.21. The van der Waals surface area contributed by atoms with E-state index in [0.29, 0.717) is 25.7 Å². The lowest BCUT2D eigenvalue weighted by atomic mass is 9.91. The lowest BCUT2D eigenvalue weighted by Gasteiger charge is -2.38. The number of piperidine rings is 2. The second kappa shape index (κ2) is 10.6. The molecule has 2 saturated heterocycles. The van der Waals surface area contributed by atoms with Crippen molar-refractivity contribution in [1.29, 1.82) is 0 Å². The third-order valence-electron chi connectivity index (χ3n) is 7.21. The SMILES string of the molecule is O=C(NC1CCCCC1)C1CCCN(C(=O)C2CCCN(Cc3cccc(F)c3)C2)C1. The fourth-order valence-corrected chi connectivity index (χ4v) is 5.51. The topological polar surface area (TPSA) is 52.7 Å². The summed E-state index contributed by atoms with van der Waals surface area (Å²) < 4.78 is 13.5. The number of carbonyl (C=O) groups excluding carboxylic acids is 2. The highest BCUT2D eigenvalue weighted by atomic mass is 19.1. The van der Waals surface area contributed by atoms with Gasteiger partial charge in [-0.15, -0.1) is 0 Å². The van der Waals surface area contributed by atoms with Crippen molar-refractivity contribution in [2.75, 3.05) is 26.2 Å². The second-order valence-corrected chi connectivity index (χ2v) is 9.67. The van der Waals surface area contributed by atoms with Crippen molar-refractivity contribution in [3.05, 3.63) is 35.6 Å². The summed E-state index contributed by atoms with van der Waals surface area (Å²) in [6.07, 6.45) is 9.50. The van der Waals surface area contributed by atoms with Gasteiger partial charge in [-0.1, -0.05) is 31.4 Å². The molecule has 1 aliphatic carbocycles. The number of hydrogen-bond acceptors (Lipinski definition) is 3. The first-order chi connectivity index (χ1) is 15.1. The summed E-state index contributed by atoms with van der Waals surface area (Å²) in [6.45, 7) is 3.63. The highest BCUT2D eigenvalue weighted by molar-refractivity contribution is 5.82. The van der Waals surface area contributed by atoms with Crippen molar-refractivity contribution in [3.8, 4) is 0 Å². The summed E-state index contributed by atoms with van der Waals surface area (Å²) in [5.74, 6) is 0.0157. The molecule has 2 unspecified atom stereocenters. The molecule has 0 spiro atoms. The number of likely N-dealkylation sites (tertiary alicyclic amines) is 2. The molecule has 4 rings (SSSR count). The highest BCUT2D eigenvalue weighted by Crippen LogP contribution is 2.25. The normalized spacial score (nSPS) is 25.9. The van der Waals surface area contributed by atoms with Crippen LogP contribution in [0.25, 0.3) is 0 Å². The Bertz CT molecular complexity index is 765. The average Bonchev–Trinajstić information content (AvgIpc) is 2.79. The van der Waals surface area contributed by atoms with Crippen LogP contribution in [0.1, 0.15) is 63.4 Å². The van der Waals surface area contributed by atoms with Gasteiger partial charge >= 0.3 is 0 Å². The summed E-state index contributed by atoms with van der Waals surface area (Å²) in [4.78, 5) is 30.3. The average molecular weight is 430 g/mol. The minimum atomic E-state index is -0.215. The number of hydrogen-bond donors (Lipinski definition) is 1. The molecule has 3 fully saturated rings. The molecular formula is C25H36FN3O2. The Morgan fingerprint density at radius 3 is 2.52 bits per heavy atom. The molecule has 2 amide bonds. The van der Waals surface area contributed by atoms with E-state index in [2.05, 4.69) is 10.2 Å². The molecule has 31 heavy (non-hydrogen) atoms. The van der Waals surface area contributed by atoms with Crippen LogP contribution in [0.5, 0.6) is 0 Å². The van der Waals surface area contributed by atoms with E-state index in [1.54, 1.807) is 12.1 Å². The predicted molar refractivity (Wildman–Crippen MR) is 119 cm³/mol. The standard InChI is InChI=1S/C25H36FN3O2/c26-22-10-4-7-19(15-22)16-28-13-5-9-21(17-28)25(31)29-14-6-8-20(18-29)24(30)27-23-11-2-1-3-12-23/h4,7,10,15,20-21,23H,1-3,5-6,8-9,11-14,16-18H2,(H,27,30). The van der Waals surface area contributed by atoms with Gasteiger partial charge in [-0.25, -0.2) is 4.39 Å². The Labute approximate surface area is 185 Å². The van der Waals surface area contributed by atoms with Crippen molar-refractivity contribution in [3.63, 3.8) is 0 Å². The van der Waals surface area contributed by atoms with Crippen LogP contribution in [-0.2, 0) is 16.1 Å². The van der Waals surface area contributed by atoms with Crippen molar-refractivity contribution in [2.24, 2.45) is 11.8 Å². The first kappa shape index (κ1) is 22.3. The maximum Gasteiger partial charge on any atom is 0.226 e. The van der Waals surface area contributed by atoms with E-state index < -0.39 is 0 Å². The van der Waals surface area contributed by atoms with Crippen LogP contribution in [0.3, 0.4) is 0 Å². The van der Waals surface area contributed by atoms with Gasteiger partial charge in [0.2, 0.25) is 11.8 Å². The summed E-state index contributed by atoms with van der Waals surface area (Å²) in [5, 5.41) is 3.25. The minimum absolute atomic E-state index is 0.0255. The Hall–Kier alpha value is -1.95. The minimum Gasteiger partial charge on any atom is -0.353 e. The smallest absolute Gasteiger partial charge is 0.226 e. The quantitative estimate of drug-likeness (QED) is 0.776. The van der Waals surface area contributed by atoms with Gasteiger partial charge in [0.25, 0.3) is 0 Å². The number of nitrogens with one attached hydrogen (secondary N) is 1. The zero-order valence-corrected chi connectivity index (χ0v) is 18.5. The monoisotopic (exact) mass is 429 g/mol. The van der Waals surface area contributed by atoms with Crippen LogP contribution >= 0.6 is 0 Å². The first-order valence-corrected chi connectivity index (χ1v) is 12.1. The summed E-state index contributed by atoms with van der Waals surface area (Å²) in [5.41, 5.74) is 0.950. The zero-order valence-electron chi connectivity index (χ0n) is 18.5. The molecule has 0 bridgehead atoms. The highest BCUT2D eigenvalue weighted by Gasteiger charge is 2.34. The van der Waals surface area contributed by atoms with Gasteiger partial charge in [0.05, 0.1) is 11.8 Å². The van der Waals surface area contributed by atoms with Crippen LogP contribution in [0, 0.1) is 17.7 Å². The van der Waals surface area contributed by atoms with E-state index in [1.165, 1.54) is 25.3 Å². The molecule has 0 radical (unpaired) electrons. The number of carbonyl (C=O) groups is 2. The van der Waals surface area contributed by atoms with Gasteiger partial charge in [-0.2, -0.15) is 0 Å². The number of halogens is 1. The lowest BCUT2D eigenvalue weighted by molar-refractivity contribution is -0.141. The Kier molecular flexibility index (Phi) is 7.59. The molecular weight excluding hydrogens is 393 g/mol. The summed E-state index contributed by atoms with van der Waals surface area (Å²) >= 11 is 0. The maximum atomic E-state index is 13.5. The fourth-order valence-electron chi connectivity index (χ4n) is 5.51. The molecule has 6 heteroatoms. The molecule has 2 heterocycles. The van der Waals surface area contributed by atoms with Crippen LogP contribution in [0.15, 0.2) is 24.3 Å². The van der Waals surface area contributed by atoms with Gasteiger partial charge in [0.15, 0.2) is 0 Å². The van der Waals surface area contributed by atoms with E-state index in [1.807, 2.05) is 11.0 Å². The number of nitrogens with zero attached hydrogens (tertiary/aromatic N) is 2. The molecule has 1 aromatic carbocycles. The zero-order chi connectivity index (χ0) is 21.6. The molecule has 5 nitrogen and oxygen atoms in total. The first-order valence-electron chi connectivity index (χ1n) is 12.1. The lowest BCUT2D eigenvalue weighted by Crippen LogP contribution is -2.51. The molecule has 1 N–H and O–H groups in total. The van der Waals surface area contributed by atoms with Crippen LogP contribution in [-0.4, -0.2) is 53.8 Å². The van der Waals surface area contributed by atoms with Gasteiger partial charge < -0.3 is 10.2 Å². The fraction of sp³-hybridized carbons (Fsp3) is 0.680. The molecule has 0 aromatic heterocycles. The molecule has 1 aromatic rings. The van der Waals surface area contributed by atoms with Crippen molar-refractivity contribution >= 4 is 11.8 Å². The van der Waals surface area contributed by atoms with E-state index in [-0.39, 0.29) is 29.5 Å². The van der Waals surface area contributed by atoms with E-state index >= 15 is 0 Å². The molecule has 2 atom stereocenters. The van der Waals surface area contributed by atoms with Crippen LogP contribution < -0.4 is 5.32 Å². The Balaban J connectivity index is 1.30. The van der Waals surface area contributed by atoms with Crippen molar-refractivity contribution in [2.45, 2.75) is 70.4 Å². The number of benzene rings is 1. The van der Waals surface area contributed by atoms with E-state index in [0.717, 1.165) is 57.2 Å². The molecule has 3 aliphatic rings. The maximum absolute atomic E-state index is 13.5. The van der Waals surface area contributed by atoms with Gasteiger partial charge in [-0.05, 0) is 62.8 Å². The summed E-state index contributed by atoms with van der Waals surface area (Å²) in [6, 6.07) is 7.04. The molecule has 1 saturated carbocycles. The number of rotatable bonds is 5. The largest absolute Gasteiger partial charge is 0.353 e. The molecule has 170 valence electrons. The number of amides is 2. The van der Waals surface area contributed by atoms with Gasteiger partial charge in [0.1, 0.15) is 5.82 Å². The van der Waals surface area contributed by atoms with Crippen LogP contribution in [0.4, 0.5) is 4.39 Å². The van der Waals surface area contributed by atoms with Gasteiger partial charge in [0, 0.05) is 32.2 Å². The molecule has 2 aliphatic heterocycles. The second-order valence-electron chi connectivity index (χ2n) is 9.67. The third kappa shape index (κ3) is 6.06. The van der Waals surface area contributed by atoms with Crippen molar-refractivity contribution < 1.29 is 14.0 Å². The van der Waals surface area contributed by atoms with Crippen LogP contribution in [0.2, 0.25) is 0 Å².